The predicted molar refractivity (Wildman–Crippen MR) is 65.8 cm³/mol. The van der Waals surface area contributed by atoms with E-state index in [0.717, 1.165) is 18.5 Å². The number of nitrogens with zero attached hydrogens (tertiary/aromatic N) is 1. The zero-order chi connectivity index (χ0) is 10.5. The van der Waals surface area contributed by atoms with Crippen LogP contribution in [-0.4, -0.2) is 4.98 Å². The smallest absolute Gasteiger partial charge is 0.0406 e. The zero-order valence-corrected chi connectivity index (χ0v) is 9.94. The molecule has 1 nitrogen and oxygen atoms in total. The molecule has 0 amide bonds. The van der Waals surface area contributed by atoms with Crippen LogP contribution in [0.5, 0.6) is 0 Å². The minimum atomic E-state index is 0.990. The lowest BCUT2D eigenvalue weighted by Crippen LogP contribution is -1.94. The van der Waals surface area contributed by atoms with Gasteiger partial charge in [-0.15, -0.1) is 0 Å². The maximum atomic E-state index is 4.31. The van der Waals surface area contributed by atoms with Crippen LogP contribution in [0.2, 0.25) is 0 Å². The Balaban J connectivity index is 2.03. The van der Waals surface area contributed by atoms with Crippen LogP contribution >= 0.6 is 15.9 Å². The van der Waals surface area contributed by atoms with Crippen LogP contribution in [0.3, 0.4) is 0 Å². The summed E-state index contributed by atoms with van der Waals surface area (Å²) in [6.07, 6.45) is 3.86. The lowest BCUT2D eigenvalue weighted by atomic mass is 10.1. The van der Waals surface area contributed by atoms with E-state index >= 15 is 0 Å². The number of rotatable bonds is 3. The van der Waals surface area contributed by atoms with Crippen molar-refractivity contribution in [3.05, 3.63) is 64.4 Å². The van der Waals surface area contributed by atoms with Crippen LogP contribution in [0.25, 0.3) is 0 Å². The van der Waals surface area contributed by atoms with Gasteiger partial charge in [-0.1, -0.05) is 40.2 Å². The normalized spacial score (nSPS) is 10.2. The number of aromatic nitrogens is 1. The van der Waals surface area contributed by atoms with Crippen molar-refractivity contribution >= 4 is 15.9 Å². The first kappa shape index (κ1) is 10.4. The summed E-state index contributed by atoms with van der Waals surface area (Å²) in [4.78, 5) is 4.31. The van der Waals surface area contributed by atoms with E-state index in [0.29, 0.717) is 0 Å². The van der Waals surface area contributed by atoms with Crippen molar-refractivity contribution in [2.24, 2.45) is 0 Å². The molecule has 0 spiro atoms. The van der Waals surface area contributed by atoms with Gasteiger partial charge in [-0.05, 0) is 36.6 Å². The third-order valence-corrected chi connectivity index (χ3v) is 3.11. The lowest BCUT2D eigenvalue weighted by Gasteiger charge is -2.03. The Morgan fingerprint density at radius 2 is 1.73 bits per heavy atom. The Bertz CT molecular complexity index is 426. The summed E-state index contributed by atoms with van der Waals surface area (Å²) in [6, 6.07) is 14.4. The van der Waals surface area contributed by atoms with E-state index in [2.05, 4.69) is 45.2 Å². The molecular formula is C13H12BrN. The van der Waals surface area contributed by atoms with Gasteiger partial charge in [-0.25, -0.2) is 0 Å². The van der Waals surface area contributed by atoms with Gasteiger partial charge in [-0.3, -0.25) is 4.98 Å². The number of aryl methyl sites for hydroxylation is 2. The highest BCUT2D eigenvalue weighted by atomic mass is 79.9. The van der Waals surface area contributed by atoms with Crippen molar-refractivity contribution in [1.29, 1.82) is 0 Å². The van der Waals surface area contributed by atoms with Gasteiger partial charge in [0.25, 0.3) is 0 Å². The third kappa shape index (κ3) is 2.90. The third-order valence-electron chi connectivity index (χ3n) is 2.33. The average Bonchev–Trinajstić information content (AvgIpc) is 2.29. The van der Waals surface area contributed by atoms with Crippen LogP contribution in [0.1, 0.15) is 11.3 Å². The van der Waals surface area contributed by atoms with Gasteiger partial charge in [0.05, 0.1) is 0 Å². The fourth-order valence-electron chi connectivity index (χ4n) is 1.51. The minimum absolute atomic E-state index is 0.990. The summed E-state index contributed by atoms with van der Waals surface area (Å²) >= 11 is 3.55. The van der Waals surface area contributed by atoms with Gasteiger partial charge in [0, 0.05) is 16.4 Å². The van der Waals surface area contributed by atoms with Crippen molar-refractivity contribution in [2.45, 2.75) is 12.8 Å². The Morgan fingerprint density at radius 1 is 0.933 bits per heavy atom. The Labute approximate surface area is 98.3 Å². The summed E-state index contributed by atoms with van der Waals surface area (Å²) in [5.74, 6) is 0. The molecule has 2 heteroatoms. The van der Waals surface area contributed by atoms with Crippen LogP contribution in [0.15, 0.2) is 53.1 Å². The molecular weight excluding hydrogens is 250 g/mol. The molecule has 0 saturated carbocycles. The first-order chi connectivity index (χ1) is 7.36. The van der Waals surface area contributed by atoms with Gasteiger partial charge in [0.1, 0.15) is 0 Å². The molecule has 2 aromatic rings. The summed E-state index contributed by atoms with van der Waals surface area (Å²) in [5.41, 5.74) is 2.48. The molecule has 0 unspecified atom stereocenters. The zero-order valence-electron chi connectivity index (χ0n) is 8.36. The Morgan fingerprint density at radius 3 is 2.47 bits per heavy atom. The van der Waals surface area contributed by atoms with E-state index in [1.54, 1.807) is 0 Å². The van der Waals surface area contributed by atoms with Crippen molar-refractivity contribution < 1.29 is 0 Å². The first-order valence-electron chi connectivity index (χ1n) is 4.99. The highest BCUT2D eigenvalue weighted by molar-refractivity contribution is 9.10. The van der Waals surface area contributed by atoms with Gasteiger partial charge < -0.3 is 0 Å². The predicted octanol–water partition coefficient (Wildman–Crippen LogP) is 3.63. The van der Waals surface area contributed by atoms with E-state index in [1.165, 1.54) is 10.0 Å². The van der Waals surface area contributed by atoms with Crippen LogP contribution in [-0.2, 0) is 12.8 Å². The van der Waals surface area contributed by atoms with Gasteiger partial charge in [0.15, 0.2) is 0 Å². The summed E-state index contributed by atoms with van der Waals surface area (Å²) in [6.45, 7) is 0. The molecule has 1 heterocycles. The SMILES string of the molecule is Brc1ccccc1CCc1ccccn1. The Kier molecular flexibility index (Phi) is 3.51. The largest absolute Gasteiger partial charge is 0.261 e. The molecule has 0 saturated heterocycles. The quantitative estimate of drug-likeness (QED) is 0.823. The molecule has 0 fully saturated rings. The fraction of sp³-hybridized carbons (Fsp3) is 0.154. The molecule has 0 N–H and O–H groups in total. The number of hydrogen-bond acceptors (Lipinski definition) is 1. The minimum Gasteiger partial charge on any atom is -0.261 e. The van der Waals surface area contributed by atoms with E-state index in [4.69, 9.17) is 0 Å². The molecule has 0 atom stereocenters. The second-order valence-corrected chi connectivity index (χ2v) is 4.27. The number of halogens is 1. The first-order valence-corrected chi connectivity index (χ1v) is 5.79. The lowest BCUT2D eigenvalue weighted by molar-refractivity contribution is 0.910. The van der Waals surface area contributed by atoms with Crippen LogP contribution in [0, 0.1) is 0 Å². The molecule has 0 radical (unpaired) electrons. The van der Waals surface area contributed by atoms with E-state index < -0.39 is 0 Å². The standard InChI is InChI=1S/C13H12BrN/c14-13-7-2-1-5-11(13)8-9-12-6-3-4-10-15-12/h1-7,10H,8-9H2. The highest BCUT2D eigenvalue weighted by Crippen LogP contribution is 2.17. The van der Waals surface area contributed by atoms with E-state index in [9.17, 15) is 0 Å². The molecule has 76 valence electrons. The maximum Gasteiger partial charge on any atom is 0.0406 e. The van der Waals surface area contributed by atoms with Crippen LogP contribution < -0.4 is 0 Å². The molecule has 0 aliphatic carbocycles. The average molecular weight is 262 g/mol. The highest BCUT2D eigenvalue weighted by Gasteiger charge is 1.99. The van der Waals surface area contributed by atoms with Crippen molar-refractivity contribution in [3.63, 3.8) is 0 Å². The van der Waals surface area contributed by atoms with Crippen molar-refractivity contribution in [2.75, 3.05) is 0 Å². The molecule has 0 bridgehead atoms. The summed E-state index contributed by atoms with van der Waals surface area (Å²) in [5, 5.41) is 0. The number of hydrogen-bond donors (Lipinski definition) is 0. The van der Waals surface area contributed by atoms with Gasteiger partial charge in [-0.2, -0.15) is 0 Å². The second kappa shape index (κ2) is 5.08. The Hall–Kier alpha value is -1.15. The summed E-state index contributed by atoms with van der Waals surface area (Å²) < 4.78 is 1.18. The molecule has 1 aromatic heterocycles. The summed E-state index contributed by atoms with van der Waals surface area (Å²) in [7, 11) is 0. The van der Waals surface area contributed by atoms with Gasteiger partial charge >= 0.3 is 0 Å². The molecule has 2 rings (SSSR count). The van der Waals surface area contributed by atoms with Crippen LogP contribution in [0.4, 0.5) is 0 Å². The monoisotopic (exact) mass is 261 g/mol. The maximum absolute atomic E-state index is 4.31. The van der Waals surface area contributed by atoms with Crippen molar-refractivity contribution in [3.8, 4) is 0 Å². The van der Waals surface area contributed by atoms with Gasteiger partial charge in [0.2, 0.25) is 0 Å². The fourth-order valence-corrected chi connectivity index (χ4v) is 1.99. The molecule has 0 aliphatic rings. The number of benzene rings is 1. The van der Waals surface area contributed by atoms with E-state index in [-0.39, 0.29) is 0 Å². The molecule has 0 aliphatic heterocycles. The molecule has 1 aromatic carbocycles. The van der Waals surface area contributed by atoms with E-state index in [1.807, 2.05) is 24.4 Å². The molecule has 15 heavy (non-hydrogen) atoms. The topological polar surface area (TPSA) is 12.9 Å². The second-order valence-electron chi connectivity index (χ2n) is 3.41. The number of pyridine rings is 1. The van der Waals surface area contributed by atoms with Crippen molar-refractivity contribution in [1.82, 2.24) is 4.98 Å².